The van der Waals surface area contributed by atoms with Crippen LogP contribution in [0.2, 0.25) is 0 Å². The number of benzene rings is 1. The number of anilines is 1. The molecule has 134 valence electrons. The summed E-state index contributed by atoms with van der Waals surface area (Å²) in [6.07, 6.45) is 0.647. The highest BCUT2D eigenvalue weighted by Gasteiger charge is 2.39. The molecule has 2 atom stereocenters. The van der Waals surface area contributed by atoms with Crippen molar-refractivity contribution in [3.8, 4) is 5.75 Å². The van der Waals surface area contributed by atoms with E-state index in [1.54, 1.807) is 43.3 Å². The Balaban J connectivity index is 1.64. The summed E-state index contributed by atoms with van der Waals surface area (Å²) in [5.74, 6) is 0.332. The van der Waals surface area contributed by atoms with Crippen LogP contribution in [0.4, 0.5) is 10.5 Å². The quantitative estimate of drug-likeness (QED) is 0.814. The van der Waals surface area contributed by atoms with Crippen LogP contribution in [0.1, 0.15) is 6.42 Å². The number of ether oxygens (including phenoxy) is 1. The Kier molecular flexibility index (Phi) is 4.78. The van der Waals surface area contributed by atoms with Crippen molar-refractivity contribution < 1.29 is 19.1 Å². The van der Waals surface area contributed by atoms with Crippen molar-refractivity contribution in [3.63, 3.8) is 0 Å². The third kappa shape index (κ3) is 3.38. The first kappa shape index (κ1) is 17.1. The Morgan fingerprint density at radius 3 is 2.60 bits per heavy atom. The smallest absolute Gasteiger partial charge is 0.322 e. The van der Waals surface area contributed by atoms with E-state index in [9.17, 15) is 14.4 Å². The lowest BCUT2D eigenvalue weighted by Gasteiger charge is -2.20. The molecule has 0 spiro atoms. The second kappa shape index (κ2) is 7.00. The maximum atomic E-state index is 12.7. The van der Waals surface area contributed by atoms with E-state index in [-0.39, 0.29) is 30.3 Å². The van der Waals surface area contributed by atoms with Crippen molar-refractivity contribution >= 4 is 23.5 Å². The van der Waals surface area contributed by atoms with Crippen LogP contribution in [0, 0.1) is 5.92 Å². The highest BCUT2D eigenvalue weighted by molar-refractivity contribution is 6.00. The molecule has 2 unspecified atom stereocenters. The minimum atomic E-state index is -0.599. The number of hydrogen-bond donors (Lipinski definition) is 2. The second-order valence-electron chi connectivity index (χ2n) is 6.19. The number of nitrogens with zero attached hydrogens (tertiary/aromatic N) is 2. The van der Waals surface area contributed by atoms with E-state index >= 15 is 0 Å². The van der Waals surface area contributed by atoms with Gasteiger partial charge in [0.25, 0.3) is 0 Å². The predicted molar refractivity (Wildman–Crippen MR) is 91.4 cm³/mol. The molecule has 2 aliphatic rings. The second-order valence-corrected chi connectivity index (χ2v) is 6.19. The molecule has 4 amide bonds. The number of urea groups is 1. The number of amides is 4. The molecule has 2 N–H and O–H groups in total. The van der Waals surface area contributed by atoms with Crippen molar-refractivity contribution in [2.45, 2.75) is 12.5 Å². The van der Waals surface area contributed by atoms with Gasteiger partial charge in [0.2, 0.25) is 11.8 Å². The molecule has 0 aliphatic carbocycles. The van der Waals surface area contributed by atoms with Gasteiger partial charge in [-0.1, -0.05) is 0 Å². The molecule has 1 aromatic rings. The third-order valence-corrected chi connectivity index (χ3v) is 4.71. The number of carbonyl (C=O) groups is 3. The van der Waals surface area contributed by atoms with Crippen LogP contribution in [0.25, 0.3) is 0 Å². The van der Waals surface area contributed by atoms with Crippen LogP contribution in [-0.2, 0) is 9.59 Å². The number of methoxy groups -OCH3 is 1. The summed E-state index contributed by atoms with van der Waals surface area (Å²) >= 11 is 0. The first-order valence-corrected chi connectivity index (χ1v) is 8.26. The van der Waals surface area contributed by atoms with Crippen LogP contribution in [0.3, 0.4) is 0 Å². The fourth-order valence-electron chi connectivity index (χ4n) is 3.26. The molecule has 2 heterocycles. The van der Waals surface area contributed by atoms with Crippen LogP contribution >= 0.6 is 0 Å². The van der Waals surface area contributed by atoms with E-state index in [1.165, 1.54) is 4.90 Å². The van der Waals surface area contributed by atoms with Gasteiger partial charge in [0, 0.05) is 25.8 Å². The van der Waals surface area contributed by atoms with Crippen LogP contribution in [0.5, 0.6) is 5.75 Å². The Labute approximate surface area is 146 Å². The maximum absolute atomic E-state index is 12.7. The summed E-state index contributed by atoms with van der Waals surface area (Å²) in [7, 11) is 3.17. The molecular formula is C17H22N4O4. The van der Waals surface area contributed by atoms with E-state index in [0.717, 1.165) is 0 Å². The van der Waals surface area contributed by atoms with E-state index in [4.69, 9.17) is 4.74 Å². The molecule has 25 heavy (non-hydrogen) atoms. The van der Waals surface area contributed by atoms with Crippen LogP contribution < -0.4 is 20.3 Å². The normalized spacial score (nSPS) is 22.7. The molecule has 8 heteroatoms. The van der Waals surface area contributed by atoms with Gasteiger partial charge in [0.15, 0.2) is 0 Å². The van der Waals surface area contributed by atoms with Crippen molar-refractivity contribution in [3.05, 3.63) is 24.3 Å². The molecule has 3 rings (SSSR count). The third-order valence-electron chi connectivity index (χ3n) is 4.71. The Hall–Kier alpha value is -2.77. The fraction of sp³-hybridized carbons (Fsp3) is 0.471. The summed E-state index contributed by atoms with van der Waals surface area (Å²) in [6, 6.07) is 6.20. The van der Waals surface area contributed by atoms with Crippen molar-refractivity contribution in [1.29, 1.82) is 0 Å². The van der Waals surface area contributed by atoms with Crippen molar-refractivity contribution in [2.24, 2.45) is 5.92 Å². The first-order chi connectivity index (χ1) is 12.0. The monoisotopic (exact) mass is 346 g/mol. The van der Waals surface area contributed by atoms with Gasteiger partial charge >= 0.3 is 6.03 Å². The predicted octanol–water partition coefficient (Wildman–Crippen LogP) is 0.188. The van der Waals surface area contributed by atoms with E-state index in [2.05, 4.69) is 10.6 Å². The number of carbonyl (C=O) groups excluding carboxylic acids is 3. The number of hydrogen-bond acceptors (Lipinski definition) is 4. The van der Waals surface area contributed by atoms with Crippen LogP contribution in [0.15, 0.2) is 24.3 Å². The summed E-state index contributed by atoms with van der Waals surface area (Å²) in [5.41, 5.74) is 0.707. The lowest BCUT2D eigenvalue weighted by atomic mass is 10.1. The average Bonchev–Trinajstić information content (AvgIpc) is 3.27. The zero-order valence-corrected chi connectivity index (χ0v) is 14.3. The fourth-order valence-corrected chi connectivity index (χ4v) is 3.26. The lowest BCUT2D eigenvalue weighted by Crippen LogP contribution is -2.45. The highest BCUT2D eigenvalue weighted by atomic mass is 16.5. The van der Waals surface area contributed by atoms with Crippen LogP contribution in [-0.4, -0.2) is 62.6 Å². The highest BCUT2D eigenvalue weighted by Crippen LogP contribution is 2.23. The summed E-state index contributed by atoms with van der Waals surface area (Å²) in [4.78, 5) is 39.8. The van der Waals surface area contributed by atoms with Gasteiger partial charge in [-0.05, 0) is 30.7 Å². The van der Waals surface area contributed by atoms with Gasteiger partial charge in [-0.3, -0.25) is 14.5 Å². The molecule has 0 aromatic heterocycles. The molecule has 2 aliphatic heterocycles. The molecule has 0 radical (unpaired) electrons. The molecule has 2 fully saturated rings. The van der Waals surface area contributed by atoms with Gasteiger partial charge in [-0.15, -0.1) is 0 Å². The summed E-state index contributed by atoms with van der Waals surface area (Å²) in [6.45, 7) is 1.20. The molecule has 2 saturated heterocycles. The number of nitrogens with one attached hydrogen (secondary N) is 2. The van der Waals surface area contributed by atoms with E-state index in [1.807, 2.05) is 0 Å². The zero-order chi connectivity index (χ0) is 18.0. The number of likely N-dealkylation sites (tertiary alicyclic amines) is 1. The average molecular weight is 346 g/mol. The number of rotatable bonds is 4. The molecule has 0 saturated carbocycles. The Morgan fingerprint density at radius 1 is 1.24 bits per heavy atom. The minimum Gasteiger partial charge on any atom is -0.497 e. The molecule has 1 aromatic carbocycles. The van der Waals surface area contributed by atoms with Gasteiger partial charge in [0.1, 0.15) is 11.8 Å². The van der Waals surface area contributed by atoms with E-state index in [0.29, 0.717) is 30.9 Å². The minimum absolute atomic E-state index is 0.0504. The Morgan fingerprint density at radius 2 is 1.96 bits per heavy atom. The summed E-state index contributed by atoms with van der Waals surface area (Å²) < 4.78 is 5.11. The van der Waals surface area contributed by atoms with Gasteiger partial charge in [-0.25, -0.2) is 4.79 Å². The van der Waals surface area contributed by atoms with Crippen molar-refractivity contribution in [2.75, 3.05) is 38.7 Å². The van der Waals surface area contributed by atoms with E-state index < -0.39 is 6.04 Å². The van der Waals surface area contributed by atoms with Crippen molar-refractivity contribution in [1.82, 2.24) is 15.5 Å². The van der Waals surface area contributed by atoms with Gasteiger partial charge in [0.05, 0.1) is 19.6 Å². The first-order valence-electron chi connectivity index (χ1n) is 8.26. The van der Waals surface area contributed by atoms with Gasteiger partial charge in [-0.2, -0.15) is 0 Å². The standard InChI is InChI=1S/C17H22N4O4/c1-18-15(22)11-7-8-20(9-11)16(23)14-10-21(17(24)19-14)12-3-5-13(25-2)6-4-12/h3-6,11,14H,7-10H2,1-2H3,(H,18,22)(H,19,24). The zero-order valence-electron chi connectivity index (χ0n) is 14.3. The topological polar surface area (TPSA) is 91.0 Å². The maximum Gasteiger partial charge on any atom is 0.322 e. The molecular weight excluding hydrogens is 324 g/mol. The summed E-state index contributed by atoms with van der Waals surface area (Å²) in [5, 5.41) is 5.35. The lowest BCUT2D eigenvalue weighted by molar-refractivity contribution is -0.132. The SMILES string of the molecule is CNC(=O)C1CCN(C(=O)C2CN(c3ccc(OC)cc3)C(=O)N2)C1. The molecule has 8 nitrogen and oxygen atoms in total. The Bertz CT molecular complexity index is 676. The van der Waals surface area contributed by atoms with Gasteiger partial charge < -0.3 is 20.3 Å². The molecule has 0 bridgehead atoms. The largest absolute Gasteiger partial charge is 0.497 e.